The molecule has 0 aliphatic carbocycles. The van der Waals surface area contributed by atoms with E-state index in [1.807, 2.05) is 24.4 Å². The third-order valence-corrected chi connectivity index (χ3v) is 11.5. The molecule has 0 saturated heterocycles. The van der Waals surface area contributed by atoms with Crippen LogP contribution >= 0.6 is 0 Å². The molecule has 8 aromatic rings. The predicted octanol–water partition coefficient (Wildman–Crippen LogP) is 14.1. The molecule has 0 aliphatic rings. The van der Waals surface area contributed by atoms with Crippen LogP contribution in [0.2, 0.25) is 0 Å². The third kappa shape index (κ3) is 7.72. The Labute approximate surface area is 343 Å². The van der Waals surface area contributed by atoms with Gasteiger partial charge in [0.25, 0.3) is 0 Å². The second kappa shape index (κ2) is 14.9. The molecule has 0 aliphatic heterocycles. The Kier molecular flexibility index (Phi) is 9.93. The molecular formula is C54H52N2O2. The number of oxazole rings is 1. The summed E-state index contributed by atoms with van der Waals surface area (Å²) in [4.78, 5) is 10.1. The number of aromatic nitrogens is 2. The molecule has 1 N–H and O–H groups in total. The summed E-state index contributed by atoms with van der Waals surface area (Å²) in [6, 6.07) is 51.4. The van der Waals surface area contributed by atoms with Crippen LogP contribution in [0.25, 0.3) is 56.1 Å². The summed E-state index contributed by atoms with van der Waals surface area (Å²) in [6.45, 7) is 17.5. The maximum Gasteiger partial charge on any atom is 0.231 e. The van der Waals surface area contributed by atoms with Crippen LogP contribution in [0.3, 0.4) is 0 Å². The number of rotatable bonds is 8. The van der Waals surface area contributed by atoms with Gasteiger partial charge in [0.1, 0.15) is 11.3 Å². The summed E-state index contributed by atoms with van der Waals surface area (Å²) in [6.07, 6.45) is 2.67. The van der Waals surface area contributed by atoms with E-state index in [9.17, 15) is 5.11 Å². The minimum atomic E-state index is -0.277. The highest BCUT2D eigenvalue weighted by atomic mass is 16.3. The van der Waals surface area contributed by atoms with Crippen LogP contribution in [-0.2, 0) is 22.7 Å². The molecule has 0 unspecified atom stereocenters. The van der Waals surface area contributed by atoms with Crippen molar-refractivity contribution in [3.8, 4) is 50.7 Å². The number of hydrogen-bond donors (Lipinski definition) is 1. The van der Waals surface area contributed by atoms with Crippen LogP contribution in [0, 0.1) is 0 Å². The van der Waals surface area contributed by atoms with Crippen molar-refractivity contribution in [1.82, 2.24) is 9.97 Å². The lowest BCUT2D eigenvalue weighted by Crippen LogP contribution is -2.18. The second-order valence-corrected chi connectivity index (χ2v) is 18.2. The minimum absolute atomic E-state index is 0.113. The summed E-state index contributed by atoms with van der Waals surface area (Å²) in [5.41, 5.74) is 14.6. The van der Waals surface area contributed by atoms with Gasteiger partial charge >= 0.3 is 0 Å². The number of aromatic hydroxyl groups is 1. The Morgan fingerprint density at radius 1 is 0.517 bits per heavy atom. The average molecular weight is 761 g/mol. The van der Waals surface area contributed by atoms with E-state index in [-0.39, 0.29) is 22.0 Å². The van der Waals surface area contributed by atoms with Crippen LogP contribution in [0.5, 0.6) is 5.75 Å². The Hall–Kier alpha value is -6.26. The highest BCUT2D eigenvalue weighted by Crippen LogP contribution is 2.44. The molecule has 0 saturated carbocycles. The molecule has 8 rings (SSSR count). The lowest BCUT2D eigenvalue weighted by molar-refractivity contribution is 0.444. The number of benzene rings is 6. The topological polar surface area (TPSA) is 59.2 Å². The molecule has 0 amide bonds. The molecule has 2 aromatic heterocycles. The maximum absolute atomic E-state index is 11.7. The van der Waals surface area contributed by atoms with Gasteiger partial charge in [-0.05, 0) is 98.2 Å². The number of hydrogen-bond acceptors (Lipinski definition) is 4. The molecule has 290 valence electrons. The van der Waals surface area contributed by atoms with E-state index < -0.39 is 0 Å². The van der Waals surface area contributed by atoms with E-state index in [0.717, 1.165) is 56.6 Å². The van der Waals surface area contributed by atoms with Crippen molar-refractivity contribution in [3.63, 3.8) is 0 Å². The Bertz CT molecular complexity index is 2730. The van der Waals surface area contributed by atoms with Crippen molar-refractivity contribution in [3.05, 3.63) is 185 Å². The second-order valence-electron chi connectivity index (χ2n) is 18.2. The first-order chi connectivity index (χ1) is 27.6. The van der Waals surface area contributed by atoms with Crippen LogP contribution < -0.4 is 0 Å². The molecule has 0 radical (unpaired) electrons. The van der Waals surface area contributed by atoms with E-state index in [0.29, 0.717) is 17.0 Å². The van der Waals surface area contributed by atoms with Gasteiger partial charge in [0.15, 0.2) is 5.58 Å². The number of nitrogens with zero attached hydrogens (tertiary/aromatic N) is 2. The SMILES string of the molecule is CC(C)(C)c1cc(-c2nc3c(-c4cc(Cc5ccccc5)cc(-c5cc(-c6ccc(C(C)(C)c7ccccc7)cc6)ccn5)c4)cccc3o2)c(O)c(C(C)(C)C)c1. The highest BCUT2D eigenvalue weighted by molar-refractivity contribution is 5.93. The fraction of sp³-hybridized carbons (Fsp3) is 0.222. The van der Waals surface area contributed by atoms with Crippen LogP contribution in [-0.4, -0.2) is 15.1 Å². The zero-order chi connectivity index (χ0) is 40.8. The summed E-state index contributed by atoms with van der Waals surface area (Å²) in [5, 5.41) is 11.7. The standard InChI is InChI=1S/C54H52N2O2/c1-52(2,3)43-33-45(50(57)46(34-43)53(4,5)6)51-56-49-44(20-15-21-48(49)58-51)39-29-36(28-35-16-11-9-12-17-35)30-40(31-39)47-32-38(26-27-55-47)37-22-24-42(25-23-37)54(7,8)41-18-13-10-14-19-41/h9-27,29-34,57H,28H2,1-8H3. The van der Waals surface area contributed by atoms with E-state index in [4.69, 9.17) is 14.4 Å². The first-order valence-corrected chi connectivity index (χ1v) is 20.2. The van der Waals surface area contributed by atoms with E-state index in [1.54, 1.807) is 0 Å². The first-order valence-electron chi connectivity index (χ1n) is 20.2. The molecule has 4 heteroatoms. The van der Waals surface area contributed by atoms with Crippen molar-refractivity contribution >= 4 is 11.1 Å². The van der Waals surface area contributed by atoms with Gasteiger partial charge in [0.05, 0.1) is 11.3 Å². The van der Waals surface area contributed by atoms with Gasteiger partial charge in [0.2, 0.25) is 5.89 Å². The maximum atomic E-state index is 11.7. The number of fused-ring (bicyclic) bond motifs is 1. The van der Waals surface area contributed by atoms with E-state index in [1.165, 1.54) is 22.3 Å². The molecule has 2 heterocycles. The molecule has 58 heavy (non-hydrogen) atoms. The zero-order valence-corrected chi connectivity index (χ0v) is 34.9. The third-order valence-electron chi connectivity index (χ3n) is 11.5. The van der Waals surface area contributed by atoms with Crippen molar-refractivity contribution in [2.75, 3.05) is 0 Å². The molecule has 0 bridgehead atoms. The Morgan fingerprint density at radius 2 is 1.19 bits per heavy atom. The number of para-hydroxylation sites is 1. The molecule has 6 aromatic carbocycles. The van der Waals surface area contributed by atoms with Gasteiger partial charge in [-0.15, -0.1) is 0 Å². The fourth-order valence-electron chi connectivity index (χ4n) is 7.90. The van der Waals surface area contributed by atoms with Crippen LogP contribution in [0.4, 0.5) is 0 Å². The van der Waals surface area contributed by atoms with Gasteiger partial charge in [-0.3, -0.25) is 4.98 Å². The first kappa shape index (κ1) is 38.6. The van der Waals surface area contributed by atoms with Crippen molar-refractivity contribution in [2.45, 2.75) is 78.1 Å². The summed E-state index contributed by atoms with van der Waals surface area (Å²) in [7, 11) is 0. The smallest absolute Gasteiger partial charge is 0.231 e. The van der Waals surface area contributed by atoms with Gasteiger partial charge < -0.3 is 9.52 Å². The largest absolute Gasteiger partial charge is 0.507 e. The highest BCUT2D eigenvalue weighted by Gasteiger charge is 2.28. The molecule has 0 fully saturated rings. The summed E-state index contributed by atoms with van der Waals surface area (Å²) in [5.74, 6) is 0.617. The van der Waals surface area contributed by atoms with Crippen LogP contribution in [0.15, 0.2) is 156 Å². The van der Waals surface area contributed by atoms with Gasteiger partial charge in [-0.2, -0.15) is 0 Å². The lowest BCUT2D eigenvalue weighted by atomic mass is 9.78. The molecular weight excluding hydrogens is 709 g/mol. The summed E-state index contributed by atoms with van der Waals surface area (Å²) < 4.78 is 6.51. The quantitative estimate of drug-likeness (QED) is 0.168. The Morgan fingerprint density at radius 3 is 1.88 bits per heavy atom. The lowest BCUT2D eigenvalue weighted by Gasteiger charge is -2.27. The number of pyridine rings is 1. The van der Waals surface area contributed by atoms with E-state index >= 15 is 0 Å². The molecule has 0 atom stereocenters. The zero-order valence-electron chi connectivity index (χ0n) is 34.9. The van der Waals surface area contributed by atoms with Gasteiger partial charge in [-0.1, -0.05) is 165 Å². The van der Waals surface area contributed by atoms with Crippen molar-refractivity contribution in [1.29, 1.82) is 0 Å². The minimum Gasteiger partial charge on any atom is -0.507 e. The predicted molar refractivity (Wildman–Crippen MR) is 240 cm³/mol. The molecule has 0 spiro atoms. The monoisotopic (exact) mass is 760 g/mol. The van der Waals surface area contributed by atoms with Crippen molar-refractivity contribution < 1.29 is 9.52 Å². The summed E-state index contributed by atoms with van der Waals surface area (Å²) >= 11 is 0. The van der Waals surface area contributed by atoms with E-state index in [2.05, 4.69) is 183 Å². The molecule has 4 nitrogen and oxygen atoms in total. The number of phenolic OH excluding ortho intramolecular Hbond substituents is 1. The van der Waals surface area contributed by atoms with Crippen molar-refractivity contribution in [2.24, 2.45) is 0 Å². The fourth-order valence-corrected chi connectivity index (χ4v) is 7.90. The van der Waals surface area contributed by atoms with Gasteiger partial charge in [0, 0.05) is 28.3 Å². The Balaban J connectivity index is 1.22. The van der Waals surface area contributed by atoms with Gasteiger partial charge in [-0.25, -0.2) is 4.98 Å². The number of phenols is 1. The average Bonchev–Trinajstić information content (AvgIpc) is 3.65. The normalized spacial score (nSPS) is 12.3. The van der Waals surface area contributed by atoms with Crippen LogP contribution in [0.1, 0.15) is 88.8 Å².